The summed E-state index contributed by atoms with van der Waals surface area (Å²) < 4.78 is 21.8. The van der Waals surface area contributed by atoms with Crippen LogP contribution >= 0.6 is 0 Å². The highest BCUT2D eigenvalue weighted by atomic mass is 16.6. The van der Waals surface area contributed by atoms with Crippen molar-refractivity contribution in [2.75, 3.05) is 33.5 Å². The van der Waals surface area contributed by atoms with Crippen molar-refractivity contribution in [1.82, 2.24) is 4.90 Å². The smallest absolute Gasteiger partial charge is 0.410 e. The van der Waals surface area contributed by atoms with Crippen LogP contribution in [0.2, 0.25) is 0 Å². The second-order valence-electron chi connectivity index (χ2n) is 7.73. The average Bonchev–Trinajstić information content (AvgIpc) is 2.58. The van der Waals surface area contributed by atoms with E-state index in [1.807, 2.05) is 20.8 Å². The fourth-order valence-corrected chi connectivity index (χ4v) is 3.23. The molecule has 2 rings (SSSR count). The molecular formula is C18H31NO6. The quantitative estimate of drug-likeness (QED) is 0.719. The van der Waals surface area contributed by atoms with Crippen LogP contribution < -0.4 is 0 Å². The molecule has 0 spiro atoms. The van der Waals surface area contributed by atoms with Gasteiger partial charge >= 0.3 is 12.1 Å². The number of carbonyl (C=O) groups is 2. The number of carbonyl (C=O) groups excluding carboxylic acids is 2. The van der Waals surface area contributed by atoms with E-state index >= 15 is 0 Å². The highest BCUT2D eigenvalue weighted by Crippen LogP contribution is 2.27. The Morgan fingerprint density at radius 1 is 1.16 bits per heavy atom. The van der Waals surface area contributed by atoms with Crippen molar-refractivity contribution in [1.29, 1.82) is 0 Å². The van der Waals surface area contributed by atoms with E-state index in [1.54, 1.807) is 4.90 Å². The number of nitrogens with zero attached hydrogens (tertiary/aromatic N) is 1. The van der Waals surface area contributed by atoms with Crippen LogP contribution in [-0.4, -0.2) is 68.2 Å². The summed E-state index contributed by atoms with van der Waals surface area (Å²) in [5.41, 5.74) is -0.521. The average molecular weight is 357 g/mol. The molecule has 2 fully saturated rings. The molecule has 2 aliphatic rings. The first-order valence-corrected chi connectivity index (χ1v) is 9.07. The lowest BCUT2D eigenvalue weighted by molar-refractivity contribution is -0.147. The fourth-order valence-electron chi connectivity index (χ4n) is 3.23. The van der Waals surface area contributed by atoms with Gasteiger partial charge in [-0.15, -0.1) is 0 Å². The Hall–Kier alpha value is -1.34. The highest BCUT2D eigenvalue weighted by Gasteiger charge is 2.33. The van der Waals surface area contributed by atoms with Gasteiger partial charge in [-0.25, -0.2) is 4.79 Å². The van der Waals surface area contributed by atoms with E-state index in [0.717, 1.165) is 25.7 Å². The Bertz CT molecular complexity index is 453. The van der Waals surface area contributed by atoms with E-state index in [0.29, 0.717) is 26.4 Å². The molecular weight excluding hydrogens is 326 g/mol. The summed E-state index contributed by atoms with van der Waals surface area (Å²) in [6.45, 7) is 7.48. The molecule has 0 aromatic rings. The summed E-state index contributed by atoms with van der Waals surface area (Å²) in [6.07, 6.45) is 3.03. The van der Waals surface area contributed by atoms with Gasteiger partial charge in [0.25, 0.3) is 0 Å². The zero-order valence-corrected chi connectivity index (χ0v) is 15.8. The van der Waals surface area contributed by atoms with Crippen molar-refractivity contribution < 1.29 is 28.5 Å². The van der Waals surface area contributed by atoms with Gasteiger partial charge < -0.3 is 18.9 Å². The van der Waals surface area contributed by atoms with Gasteiger partial charge in [0.05, 0.1) is 45.0 Å². The predicted octanol–water partition coefficient (Wildman–Crippen LogP) is 2.37. The molecule has 1 aliphatic heterocycles. The summed E-state index contributed by atoms with van der Waals surface area (Å²) >= 11 is 0. The van der Waals surface area contributed by atoms with Gasteiger partial charge in [-0.05, 0) is 46.5 Å². The normalized spacial score (nSPS) is 27.7. The van der Waals surface area contributed by atoms with Crippen LogP contribution in [0.15, 0.2) is 0 Å². The molecule has 7 nitrogen and oxygen atoms in total. The first-order valence-electron chi connectivity index (χ1n) is 9.07. The maximum Gasteiger partial charge on any atom is 0.410 e. The first kappa shape index (κ1) is 20.0. The predicted molar refractivity (Wildman–Crippen MR) is 91.3 cm³/mol. The molecule has 0 aromatic carbocycles. The Kier molecular flexibility index (Phi) is 7.07. The minimum Gasteiger partial charge on any atom is -0.469 e. The largest absolute Gasteiger partial charge is 0.469 e. The van der Waals surface area contributed by atoms with Crippen LogP contribution in [0.1, 0.15) is 46.5 Å². The number of ether oxygens (including phenoxy) is 4. The number of hydrogen-bond acceptors (Lipinski definition) is 6. The molecule has 1 heterocycles. The van der Waals surface area contributed by atoms with E-state index in [4.69, 9.17) is 18.9 Å². The van der Waals surface area contributed by atoms with E-state index in [-0.39, 0.29) is 30.1 Å². The van der Waals surface area contributed by atoms with Gasteiger partial charge in [0.15, 0.2) is 0 Å². The molecule has 0 unspecified atom stereocenters. The lowest BCUT2D eigenvalue weighted by Gasteiger charge is -2.37. The highest BCUT2D eigenvalue weighted by molar-refractivity contribution is 5.72. The van der Waals surface area contributed by atoms with Crippen LogP contribution in [0.3, 0.4) is 0 Å². The minimum absolute atomic E-state index is 0.0128. The second-order valence-corrected chi connectivity index (χ2v) is 7.73. The molecule has 1 saturated carbocycles. The number of amides is 1. The molecule has 0 N–H and O–H groups in total. The minimum atomic E-state index is -0.521. The van der Waals surface area contributed by atoms with Gasteiger partial charge in [-0.1, -0.05) is 0 Å². The van der Waals surface area contributed by atoms with Crippen LogP contribution in [0, 0.1) is 5.92 Å². The second kappa shape index (κ2) is 8.85. The molecule has 1 aliphatic carbocycles. The standard InChI is InChI=1S/C18H31NO6/c1-18(2,3)25-17(21)19-9-10-23-11-14(19)12-24-15-7-5-13(6-8-15)16(20)22-4/h13-15H,5-12H2,1-4H3/t13?,14-,15?/m0/s1. The van der Waals surface area contributed by atoms with Gasteiger partial charge in [0.1, 0.15) is 5.60 Å². The van der Waals surface area contributed by atoms with Crippen LogP contribution in [0.4, 0.5) is 4.79 Å². The SMILES string of the molecule is COC(=O)C1CCC(OC[C@@H]2COCCN2C(=O)OC(C)(C)C)CC1. The fraction of sp³-hybridized carbons (Fsp3) is 0.889. The van der Waals surface area contributed by atoms with Crippen molar-refractivity contribution >= 4 is 12.1 Å². The van der Waals surface area contributed by atoms with E-state index < -0.39 is 5.60 Å². The van der Waals surface area contributed by atoms with Gasteiger partial charge in [-0.3, -0.25) is 9.69 Å². The van der Waals surface area contributed by atoms with E-state index in [2.05, 4.69) is 0 Å². The molecule has 7 heteroatoms. The molecule has 1 amide bonds. The maximum atomic E-state index is 12.4. The van der Waals surface area contributed by atoms with E-state index in [9.17, 15) is 9.59 Å². The van der Waals surface area contributed by atoms with Crippen LogP contribution in [0.5, 0.6) is 0 Å². The molecule has 0 aromatic heterocycles. The van der Waals surface area contributed by atoms with Crippen molar-refractivity contribution in [3.8, 4) is 0 Å². The molecule has 144 valence electrons. The lowest BCUT2D eigenvalue weighted by atomic mass is 9.87. The molecule has 25 heavy (non-hydrogen) atoms. The summed E-state index contributed by atoms with van der Waals surface area (Å²) in [5, 5.41) is 0. The monoisotopic (exact) mass is 357 g/mol. The summed E-state index contributed by atoms with van der Waals surface area (Å²) in [6, 6.07) is -0.137. The van der Waals surface area contributed by atoms with E-state index in [1.165, 1.54) is 7.11 Å². The third-order valence-electron chi connectivity index (χ3n) is 4.59. The zero-order chi connectivity index (χ0) is 18.4. The molecule has 1 saturated heterocycles. The summed E-state index contributed by atoms with van der Waals surface area (Å²) in [7, 11) is 1.43. The van der Waals surface area contributed by atoms with Gasteiger partial charge in [0.2, 0.25) is 0 Å². The summed E-state index contributed by atoms with van der Waals surface area (Å²) in [4.78, 5) is 25.6. The van der Waals surface area contributed by atoms with Crippen molar-refractivity contribution in [2.24, 2.45) is 5.92 Å². The number of hydrogen-bond donors (Lipinski definition) is 0. The maximum absolute atomic E-state index is 12.4. The third kappa shape index (κ3) is 6.15. The first-order chi connectivity index (χ1) is 11.8. The number of morpholine rings is 1. The molecule has 0 bridgehead atoms. The number of esters is 1. The topological polar surface area (TPSA) is 74.3 Å². The molecule has 0 radical (unpaired) electrons. The number of methoxy groups -OCH3 is 1. The number of rotatable bonds is 4. The van der Waals surface area contributed by atoms with Crippen molar-refractivity contribution in [3.05, 3.63) is 0 Å². The van der Waals surface area contributed by atoms with Crippen molar-refractivity contribution in [3.63, 3.8) is 0 Å². The zero-order valence-electron chi connectivity index (χ0n) is 15.8. The van der Waals surface area contributed by atoms with Crippen LogP contribution in [-0.2, 0) is 23.7 Å². The Balaban J connectivity index is 1.80. The summed E-state index contributed by atoms with van der Waals surface area (Å²) in [5.74, 6) is -0.142. The van der Waals surface area contributed by atoms with Crippen LogP contribution in [0.25, 0.3) is 0 Å². The third-order valence-corrected chi connectivity index (χ3v) is 4.59. The Labute approximate surface area is 149 Å². The van der Waals surface area contributed by atoms with Gasteiger partial charge in [0, 0.05) is 6.54 Å². The van der Waals surface area contributed by atoms with Gasteiger partial charge in [-0.2, -0.15) is 0 Å². The Morgan fingerprint density at radius 2 is 1.84 bits per heavy atom. The molecule has 1 atom stereocenters. The lowest BCUT2D eigenvalue weighted by Crippen LogP contribution is -2.52. The Morgan fingerprint density at radius 3 is 2.44 bits per heavy atom. The van der Waals surface area contributed by atoms with Crippen molar-refractivity contribution in [2.45, 2.75) is 64.2 Å².